The summed E-state index contributed by atoms with van der Waals surface area (Å²) in [5, 5.41) is 100.0. The summed E-state index contributed by atoms with van der Waals surface area (Å²) in [6.07, 6.45) is -17.1. The molecule has 364 valence electrons. The van der Waals surface area contributed by atoms with Gasteiger partial charge in [0.1, 0.15) is 62.0 Å². The van der Waals surface area contributed by atoms with Gasteiger partial charge in [0.05, 0.1) is 25.4 Å². The Kier molecular flexibility index (Phi) is 16.0. The Morgan fingerprint density at radius 1 is 0.716 bits per heavy atom. The number of carboxylic acid groups (broad SMARTS) is 2. The molecule has 4 aliphatic heterocycles. The molecule has 0 saturated carbocycles. The fourth-order valence-corrected chi connectivity index (χ4v) is 7.92. The second-order valence-electron chi connectivity index (χ2n) is 16.6. The van der Waals surface area contributed by atoms with Crippen molar-refractivity contribution in [2.75, 3.05) is 23.8 Å². The van der Waals surface area contributed by atoms with E-state index in [0.717, 1.165) is 0 Å². The van der Waals surface area contributed by atoms with Crippen molar-refractivity contribution in [3.05, 3.63) is 83.5 Å². The molecular weight excluding hydrogens is 892 g/mol. The molecule has 4 aliphatic rings. The number of aliphatic hydroxyl groups excluding tert-OH is 7. The van der Waals surface area contributed by atoms with Crippen molar-refractivity contribution in [3.63, 3.8) is 0 Å². The SMILES string of the molecule is C/C(=C\C=C\C[C@@H](C)[C@H](O)CC(=O)OC[C@H]1O[C@H](OC2(C(=O)O)CC(=O)Nc3ccccc32)[C@H](O)[C@@H](O)[C@@H]1O)C(=O)OC[C@H]1O[C@H](OC2(C(=O)O)CC(=O)Nc3ccccc32)[C@H](O)[C@@H](O)[C@@H]1O. The number of aliphatic carboxylic acids is 2. The molecule has 0 spiro atoms. The number of hydrogen-bond acceptors (Lipinski definition) is 19. The third-order valence-corrected chi connectivity index (χ3v) is 11.9. The van der Waals surface area contributed by atoms with E-state index >= 15 is 0 Å². The van der Waals surface area contributed by atoms with Crippen LogP contribution in [0, 0.1) is 5.92 Å². The van der Waals surface area contributed by atoms with Gasteiger partial charge in [0.15, 0.2) is 12.6 Å². The Bertz CT molecular complexity index is 2250. The Morgan fingerprint density at radius 2 is 1.16 bits per heavy atom. The summed E-state index contributed by atoms with van der Waals surface area (Å²) < 4.78 is 33.1. The zero-order valence-electron chi connectivity index (χ0n) is 35.9. The smallest absolute Gasteiger partial charge is 0.341 e. The number of carbonyl (C=O) groups is 6. The topological polar surface area (TPSA) is 364 Å². The minimum atomic E-state index is -2.36. The normalized spacial score (nSPS) is 32.8. The van der Waals surface area contributed by atoms with Crippen LogP contribution in [-0.2, 0) is 68.4 Å². The van der Waals surface area contributed by atoms with Gasteiger partial charge in [-0.15, -0.1) is 0 Å². The molecule has 6 rings (SSSR count). The second kappa shape index (κ2) is 21.1. The summed E-state index contributed by atoms with van der Waals surface area (Å²) in [4.78, 5) is 75.7. The molecule has 2 fully saturated rings. The van der Waals surface area contributed by atoms with Crippen LogP contribution in [0.5, 0.6) is 0 Å². The van der Waals surface area contributed by atoms with Crippen LogP contribution in [0.25, 0.3) is 0 Å². The van der Waals surface area contributed by atoms with Crippen molar-refractivity contribution in [2.24, 2.45) is 5.92 Å². The summed E-state index contributed by atoms with van der Waals surface area (Å²) in [6.45, 7) is 1.61. The van der Waals surface area contributed by atoms with Gasteiger partial charge in [0, 0.05) is 28.1 Å². The molecule has 11 N–H and O–H groups in total. The molecule has 2 unspecified atom stereocenters. The molecule has 14 atom stereocenters. The number of rotatable bonds is 17. The Hall–Kier alpha value is -5.70. The standard InChI is InChI=1S/C44H52N2O21/c1-20(26(47)15-31(50)62-18-27-32(51)34(53)36(55)39(64-27)66-43(41(58)59)16-29(48)45-24-13-7-5-11-22(24)43)9-3-4-10-21(2)38(57)63-19-28-33(52)35(54)37(56)40(65-28)67-44(42(60)61)17-30(49)46-25-14-8-6-12-23(25)44/h3-8,10-14,20,26-28,32-37,39-40,47,51-56H,9,15-19H2,1-2H3,(H,45,48)(H,46,49)(H,58,59)(H,60,61)/b4-3+,21-10+/t20-,26-,27-,28-,32-,33-,34+,35+,36-,37-,39-,40-,43?,44?/m1/s1. The van der Waals surface area contributed by atoms with Gasteiger partial charge in [-0.2, -0.15) is 0 Å². The Labute approximate surface area is 381 Å². The monoisotopic (exact) mass is 944 g/mol. The Balaban J connectivity index is 0.971. The molecule has 0 aliphatic carbocycles. The number of esters is 2. The van der Waals surface area contributed by atoms with Crippen molar-refractivity contribution in [2.45, 2.75) is 118 Å². The van der Waals surface area contributed by atoms with Crippen LogP contribution in [0.1, 0.15) is 50.7 Å². The first kappa shape index (κ1) is 50.7. The van der Waals surface area contributed by atoms with E-state index in [2.05, 4.69) is 10.6 Å². The molecule has 4 heterocycles. The fourth-order valence-electron chi connectivity index (χ4n) is 7.92. The predicted octanol–water partition coefficient (Wildman–Crippen LogP) is -1.35. The number of allylic oxidation sites excluding steroid dienone is 3. The number of carbonyl (C=O) groups excluding carboxylic acids is 4. The van der Waals surface area contributed by atoms with Gasteiger partial charge < -0.3 is 85.0 Å². The molecule has 2 aromatic carbocycles. The molecule has 0 aromatic heterocycles. The van der Waals surface area contributed by atoms with Crippen LogP contribution < -0.4 is 10.6 Å². The number of para-hydroxylation sites is 2. The lowest BCUT2D eigenvalue weighted by Gasteiger charge is -2.44. The molecule has 2 amide bonds. The summed E-state index contributed by atoms with van der Waals surface area (Å²) in [7, 11) is 0. The molecule has 23 heteroatoms. The van der Waals surface area contributed by atoms with Gasteiger partial charge in [-0.1, -0.05) is 61.5 Å². The average molecular weight is 945 g/mol. The summed E-state index contributed by atoms with van der Waals surface area (Å²) >= 11 is 0. The van der Waals surface area contributed by atoms with Crippen molar-refractivity contribution in [3.8, 4) is 0 Å². The van der Waals surface area contributed by atoms with Crippen molar-refractivity contribution in [1.29, 1.82) is 0 Å². The van der Waals surface area contributed by atoms with Crippen LogP contribution in [0.4, 0.5) is 11.4 Å². The van der Waals surface area contributed by atoms with E-state index in [0.29, 0.717) is 0 Å². The number of benzene rings is 2. The van der Waals surface area contributed by atoms with E-state index in [9.17, 15) is 74.7 Å². The maximum atomic E-state index is 12.8. The van der Waals surface area contributed by atoms with Crippen LogP contribution in [0.15, 0.2) is 72.3 Å². The number of hydrogen-bond donors (Lipinski definition) is 11. The maximum absolute atomic E-state index is 12.8. The molecule has 0 bridgehead atoms. The zero-order valence-corrected chi connectivity index (χ0v) is 35.9. The quantitative estimate of drug-likeness (QED) is 0.0496. The highest BCUT2D eigenvalue weighted by atomic mass is 16.7. The van der Waals surface area contributed by atoms with Gasteiger partial charge in [-0.25, -0.2) is 14.4 Å². The molecule has 0 radical (unpaired) electrons. The minimum Gasteiger partial charge on any atom is -0.479 e. The van der Waals surface area contributed by atoms with Crippen LogP contribution in [0.3, 0.4) is 0 Å². The highest BCUT2D eigenvalue weighted by Gasteiger charge is 2.56. The number of fused-ring (bicyclic) bond motifs is 2. The second-order valence-corrected chi connectivity index (χ2v) is 16.6. The molecule has 2 aromatic rings. The van der Waals surface area contributed by atoms with E-state index in [1.54, 1.807) is 25.1 Å². The first-order chi connectivity index (χ1) is 31.7. The molecular formula is C44H52N2O21. The largest absolute Gasteiger partial charge is 0.479 e. The maximum Gasteiger partial charge on any atom is 0.341 e. The van der Waals surface area contributed by atoms with Gasteiger partial charge in [0.2, 0.25) is 23.0 Å². The zero-order chi connectivity index (χ0) is 49.0. The third-order valence-electron chi connectivity index (χ3n) is 11.9. The fraction of sp³-hybridized carbons (Fsp3) is 0.500. The van der Waals surface area contributed by atoms with Crippen molar-refractivity contribution >= 4 is 47.1 Å². The number of aliphatic hydroxyl groups is 7. The van der Waals surface area contributed by atoms with Gasteiger partial charge >= 0.3 is 23.9 Å². The average Bonchev–Trinajstić information content (AvgIpc) is 3.29. The number of anilines is 2. The number of amides is 2. The first-order valence-electron chi connectivity index (χ1n) is 21.0. The number of carboxylic acids is 2. The minimum absolute atomic E-state index is 0.0308. The lowest BCUT2D eigenvalue weighted by molar-refractivity contribution is -0.327. The van der Waals surface area contributed by atoms with Gasteiger partial charge in [0.25, 0.3) is 0 Å². The molecule has 2 saturated heterocycles. The highest BCUT2D eigenvalue weighted by molar-refractivity contribution is 6.02. The lowest BCUT2D eigenvalue weighted by Crippen LogP contribution is -2.62. The van der Waals surface area contributed by atoms with Gasteiger partial charge in [-0.05, 0) is 31.4 Å². The molecule has 67 heavy (non-hydrogen) atoms. The highest BCUT2D eigenvalue weighted by Crippen LogP contribution is 2.43. The molecule has 23 nitrogen and oxygen atoms in total. The van der Waals surface area contributed by atoms with E-state index < -0.39 is 153 Å². The summed E-state index contributed by atoms with van der Waals surface area (Å²) in [5.41, 5.74) is -4.33. The number of ether oxygens (including phenoxy) is 6. The Morgan fingerprint density at radius 3 is 1.63 bits per heavy atom. The summed E-state index contributed by atoms with van der Waals surface area (Å²) in [5.74, 6) is -7.02. The van der Waals surface area contributed by atoms with E-state index in [-0.39, 0.29) is 34.5 Å². The van der Waals surface area contributed by atoms with Crippen molar-refractivity contribution < 1.29 is 103 Å². The van der Waals surface area contributed by atoms with Gasteiger partial charge in [-0.3, -0.25) is 14.4 Å². The van der Waals surface area contributed by atoms with E-state index in [4.69, 9.17) is 28.4 Å². The summed E-state index contributed by atoms with van der Waals surface area (Å²) in [6, 6.07) is 11.8. The van der Waals surface area contributed by atoms with Crippen LogP contribution >= 0.6 is 0 Å². The van der Waals surface area contributed by atoms with Crippen LogP contribution in [0.2, 0.25) is 0 Å². The van der Waals surface area contributed by atoms with E-state index in [1.807, 2.05) is 0 Å². The van der Waals surface area contributed by atoms with E-state index in [1.165, 1.54) is 55.5 Å². The van der Waals surface area contributed by atoms with Crippen LogP contribution in [-0.4, -0.2) is 162 Å². The first-order valence-corrected chi connectivity index (χ1v) is 21.0. The third kappa shape index (κ3) is 10.9. The number of nitrogens with one attached hydrogen (secondary N) is 2. The predicted molar refractivity (Wildman–Crippen MR) is 223 cm³/mol. The van der Waals surface area contributed by atoms with Crippen molar-refractivity contribution in [1.82, 2.24) is 0 Å². The lowest BCUT2D eigenvalue weighted by atomic mass is 9.85.